The Morgan fingerprint density at radius 3 is 2.16 bits per heavy atom. The Kier molecular flexibility index (Phi) is 9.16. The molecule has 0 spiro atoms. The number of anilines is 1. The molecule has 0 unspecified atom stereocenters. The molecule has 1 aromatic heterocycles. The zero-order valence-corrected chi connectivity index (χ0v) is 30.5. The fraction of sp³-hybridized carbons (Fsp3) is 0.538. The first-order valence-corrected chi connectivity index (χ1v) is 19.7. The van der Waals surface area contributed by atoms with Crippen LogP contribution in [0.1, 0.15) is 92.6 Å². The molecule has 2 amide bonds. The van der Waals surface area contributed by atoms with Crippen LogP contribution >= 0.6 is 0 Å². The van der Waals surface area contributed by atoms with Crippen molar-refractivity contribution in [1.29, 1.82) is 0 Å². The van der Waals surface area contributed by atoms with E-state index in [1.54, 1.807) is 6.07 Å². The van der Waals surface area contributed by atoms with Gasteiger partial charge in [0.05, 0.1) is 12.4 Å². The van der Waals surface area contributed by atoms with E-state index in [0.717, 1.165) is 41.7 Å². The van der Waals surface area contributed by atoms with Crippen LogP contribution in [0.5, 0.6) is 5.75 Å². The van der Waals surface area contributed by atoms with Crippen molar-refractivity contribution in [2.45, 2.75) is 71.6 Å². The molecular weight excluding hydrogens is 651 g/mol. The lowest BCUT2D eigenvalue weighted by molar-refractivity contribution is -0.0391. The van der Waals surface area contributed by atoms with Crippen LogP contribution in [0.2, 0.25) is 0 Å². The Bertz CT molecular complexity index is 1830. The van der Waals surface area contributed by atoms with E-state index in [4.69, 9.17) is 4.74 Å². The second-order valence-corrected chi connectivity index (χ2v) is 17.9. The highest BCUT2D eigenvalue weighted by atomic mass is 32.2. The number of carbonyl (C=O) groups excluding carboxylic acids is 2. The minimum Gasteiger partial charge on any atom is -0.494 e. The van der Waals surface area contributed by atoms with Crippen LogP contribution in [-0.4, -0.2) is 73.9 Å². The largest absolute Gasteiger partial charge is 0.494 e. The third-order valence-electron chi connectivity index (χ3n) is 11.2. The van der Waals surface area contributed by atoms with Gasteiger partial charge >= 0.3 is 0 Å². The number of sulfonamides is 1. The molecule has 1 N–H and O–H groups in total. The van der Waals surface area contributed by atoms with Gasteiger partial charge in [0, 0.05) is 31.7 Å². The van der Waals surface area contributed by atoms with Crippen LogP contribution in [0, 0.1) is 23.2 Å². The van der Waals surface area contributed by atoms with Crippen LogP contribution in [0.15, 0.2) is 54.6 Å². The van der Waals surface area contributed by atoms with Gasteiger partial charge in [-0.05, 0) is 127 Å². The van der Waals surface area contributed by atoms with Crippen LogP contribution < -0.4 is 14.4 Å². The highest BCUT2D eigenvalue weighted by Gasteiger charge is 2.52. The summed E-state index contributed by atoms with van der Waals surface area (Å²) in [5.74, 6) is 2.51. The van der Waals surface area contributed by atoms with Gasteiger partial charge in [-0.1, -0.05) is 39.0 Å². The second-order valence-electron chi connectivity index (χ2n) is 16.2. The van der Waals surface area contributed by atoms with E-state index in [-0.39, 0.29) is 28.2 Å². The maximum absolute atomic E-state index is 13.9. The summed E-state index contributed by atoms with van der Waals surface area (Å²) in [4.78, 5) is 30.7. The minimum atomic E-state index is -3.81. The van der Waals surface area contributed by atoms with E-state index in [0.29, 0.717) is 61.9 Å². The summed E-state index contributed by atoms with van der Waals surface area (Å²) in [5.41, 5.74) is 3.32. The van der Waals surface area contributed by atoms with E-state index in [2.05, 4.69) is 41.8 Å². The van der Waals surface area contributed by atoms with Gasteiger partial charge in [0.2, 0.25) is 10.0 Å². The molecule has 0 atom stereocenters. The summed E-state index contributed by atoms with van der Waals surface area (Å²) in [6.07, 6.45) is 6.56. The number of nitrogens with zero attached hydrogens (tertiary/aromatic N) is 4. The molecule has 8 rings (SSSR count). The molecule has 50 heavy (non-hydrogen) atoms. The van der Waals surface area contributed by atoms with Crippen molar-refractivity contribution in [2.24, 2.45) is 23.2 Å². The van der Waals surface area contributed by atoms with Crippen molar-refractivity contribution in [3.05, 3.63) is 71.4 Å². The van der Waals surface area contributed by atoms with Crippen molar-refractivity contribution >= 4 is 27.7 Å². The summed E-state index contributed by atoms with van der Waals surface area (Å²) < 4.78 is 34.4. The summed E-state index contributed by atoms with van der Waals surface area (Å²) in [6, 6.07) is 17.3. The third kappa shape index (κ3) is 7.38. The molecule has 2 heterocycles. The first-order chi connectivity index (χ1) is 23.8. The molecule has 10 nitrogen and oxygen atoms in total. The first kappa shape index (κ1) is 34.5. The van der Waals surface area contributed by atoms with Gasteiger partial charge in [0.1, 0.15) is 5.75 Å². The number of amides is 2. The quantitative estimate of drug-likeness (QED) is 0.286. The van der Waals surface area contributed by atoms with Gasteiger partial charge in [-0.3, -0.25) is 9.59 Å². The molecule has 0 radical (unpaired) electrons. The molecule has 4 saturated carbocycles. The topological polar surface area (TPSA) is 122 Å². The van der Waals surface area contributed by atoms with E-state index in [1.165, 1.54) is 25.3 Å². The molecule has 5 fully saturated rings. The molecule has 3 aromatic rings. The van der Waals surface area contributed by atoms with Crippen molar-refractivity contribution in [3.63, 3.8) is 0 Å². The van der Waals surface area contributed by atoms with Crippen molar-refractivity contribution in [3.8, 4) is 16.9 Å². The molecule has 1 saturated heterocycles. The number of hydrogen-bond donors (Lipinski definition) is 1. The summed E-state index contributed by atoms with van der Waals surface area (Å²) in [5, 5.41) is 8.37. The van der Waals surface area contributed by atoms with Gasteiger partial charge in [-0.2, -0.15) is 0 Å². The number of aromatic nitrogens is 2. The standard InChI is InChI=1S/C39H49N5O5S/c1-5-49-33-8-6-7-29(21-33)30-18-31(20-32(19-30)38(2,3)4)37(46)44-13-11-43(12-14-44)35-10-9-34(40-41-35)36(45)42-50(47,48)25-39-22-26-15-27(23-39)17-28(16-26)24-39/h6-10,18-21,26-28H,5,11-17,22-25H2,1-4H3,(H,42,45). The zero-order valence-electron chi connectivity index (χ0n) is 29.7. The Morgan fingerprint density at radius 2 is 1.56 bits per heavy atom. The average molecular weight is 700 g/mol. The average Bonchev–Trinajstić information content (AvgIpc) is 3.06. The van der Waals surface area contributed by atoms with Crippen LogP contribution in [0.25, 0.3) is 11.1 Å². The highest BCUT2D eigenvalue weighted by Crippen LogP contribution is 2.60. The summed E-state index contributed by atoms with van der Waals surface area (Å²) in [6.45, 7) is 11.1. The van der Waals surface area contributed by atoms with Crippen molar-refractivity contribution in [1.82, 2.24) is 19.8 Å². The maximum atomic E-state index is 13.9. The fourth-order valence-electron chi connectivity index (χ4n) is 9.32. The smallest absolute Gasteiger partial charge is 0.285 e. The summed E-state index contributed by atoms with van der Waals surface area (Å²) in [7, 11) is -3.81. The number of ether oxygens (including phenoxy) is 1. The third-order valence-corrected chi connectivity index (χ3v) is 12.7. The molecule has 266 valence electrons. The minimum absolute atomic E-state index is 0.00661. The van der Waals surface area contributed by atoms with Crippen molar-refractivity contribution < 1.29 is 22.7 Å². The molecular formula is C39H49N5O5S. The number of nitrogens with one attached hydrogen (secondary N) is 1. The number of carbonyl (C=O) groups is 2. The predicted octanol–water partition coefficient (Wildman–Crippen LogP) is 6.08. The lowest BCUT2D eigenvalue weighted by Gasteiger charge is -2.56. The molecule has 2 aromatic carbocycles. The Balaban J connectivity index is 0.977. The predicted molar refractivity (Wildman–Crippen MR) is 194 cm³/mol. The van der Waals surface area contributed by atoms with E-state index >= 15 is 0 Å². The fourth-order valence-corrected chi connectivity index (χ4v) is 10.9. The lowest BCUT2D eigenvalue weighted by Crippen LogP contribution is -2.51. The monoisotopic (exact) mass is 699 g/mol. The summed E-state index contributed by atoms with van der Waals surface area (Å²) >= 11 is 0. The van der Waals surface area contributed by atoms with E-state index in [1.807, 2.05) is 53.1 Å². The second kappa shape index (κ2) is 13.3. The van der Waals surface area contributed by atoms with Crippen LogP contribution in [-0.2, 0) is 15.4 Å². The Morgan fingerprint density at radius 1 is 0.880 bits per heavy atom. The van der Waals surface area contributed by atoms with Gasteiger partial charge in [0.25, 0.3) is 11.8 Å². The van der Waals surface area contributed by atoms with Crippen LogP contribution in [0.3, 0.4) is 0 Å². The van der Waals surface area contributed by atoms with Gasteiger partial charge in [-0.15, -0.1) is 10.2 Å². The number of benzene rings is 2. The van der Waals surface area contributed by atoms with Crippen molar-refractivity contribution in [2.75, 3.05) is 43.4 Å². The first-order valence-electron chi connectivity index (χ1n) is 18.1. The number of hydrogen-bond acceptors (Lipinski definition) is 8. The molecule has 11 heteroatoms. The van der Waals surface area contributed by atoms with Crippen LogP contribution in [0.4, 0.5) is 5.82 Å². The molecule has 1 aliphatic heterocycles. The SMILES string of the molecule is CCOc1cccc(-c2cc(C(=O)N3CCN(c4ccc(C(=O)NS(=O)(=O)CC56CC7CC(CC(C7)C5)C6)nn4)CC3)cc(C(C)(C)C)c2)c1. The van der Waals surface area contributed by atoms with Gasteiger partial charge < -0.3 is 14.5 Å². The number of piperazine rings is 1. The van der Waals surface area contributed by atoms with Gasteiger partial charge in [0.15, 0.2) is 11.5 Å². The Hall–Kier alpha value is -3.99. The molecule has 4 aliphatic carbocycles. The lowest BCUT2D eigenvalue weighted by atomic mass is 9.50. The molecule has 5 aliphatic rings. The highest BCUT2D eigenvalue weighted by molar-refractivity contribution is 7.90. The Labute approximate surface area is 296 Å². The van der Waals surface area contributed by atoms with E-state index in [9.17, 15) is 18.0 Å². The van der Waals surface area contributed by atoms with E-state index < -0.39 is 15.9 Å². The number of rotatable bonds is 9. The normalized spacial score (nSPS) is 24.7. The molecule has 4 bridgehead atoms. The zero-order chi connectivity index (χ0) is 35.3. The van der Waals surface area contributed by atoms with Gasteiger partial charge in [-0.25, -0.2) is 13.1 Å². The maximum Gasteiger partial charge on any atom is 0.285 e.